The van der Waals surface area contributed by atoms with Crippen molar-refractivity contribution in [3.63, 3.8) is 0 Å². The third-order valence-corrected chi connectivity index (χ3v) is 17.4. The van der Waals surface area contributed by atoms with Gasteiger partial charge in [0.25, 0.3) is 0 Å². The molecule has 2 aromatic rings. The number of aromatic amines is 1. The second-order valence-corrected chi connectivity index (χ2v) is 25.1. The van der Waals surface area contributed by atoms with Crippen LogP contribution in [0.2, 0.25) is 0 Å². The first kappa shape index (κ1) is 80.6. The molecule has 3 fully saturated rings. The molecule has 100 heavy (non-hydrogen) atoms. The minimum Gasteiger partial charge on any atom is -0.508 e. The maximum absolute atomic E-state index is 15.0. The van der Waals surface area contributed by atoms with E-state index in [1.807, 2.05) is 0 Å². The topological polar surface area (TPSA) is 617 Å². The number of aromatic hydroxyl groups is 1. The molecule has 1 aromatic heterocycles. The molecule has 0 spiro atoms. The Bertz CT molecular complexity index is 3260. The molecule has 5 rings (SSSR count). The van der Waals surface area contributed by atoms with Crippen LogP contribution >= 0.6 is 0 Å². The van der Waals surface area contributed by atoms with Crippen LogP contribution in [0.3, 0.4) is 0 Å². The number of aliphatic imine (C=N–C) groups is 1. The van der Waals surface area contributed by atoms with E-state index in [2.05, 4.69) is 57.5 Å². The summed E-state index contributed by atoms with van der Waals surface area (Å²) in [6.07, 6.45) is -1.50. The van der Waals surface area contributed by atoms with E-state index < -0.39 is 206 Å². The van der Waals surface area contributed by atoms with Crippen LogP contribution in [0, 0.1) is 5.92 Å². The fraction of sp³-hybridized carbons (Fsp3) is 0.613. The van der Waals surface area contributed by atoms with Gasteiger partial charge in [-0.05, 0) is 95.2 Å². The lowest BCUT2D eigenvalue weighted by Crippen LogP contribution is -2.62. The Morgan fingerprint density at radius 2 is 1.12 bits per heavy atom. The normalized spacial score (nSPS) is 19.4. The first-order valence-electron chi connectivity index (χ1n) is 32.9. The molecule has 3 aliphatic rings. The van der Waals surface area contributed by atoms with Gasteiger partial charge in [-0.1, -0.05) is 32.4 Å². The molecular formula is C62H95N19O19. The molecule has 13 amide bonds. The number of aliphatic carboxylic acids is 1. The van der Waals surface area contributed by atoms with Crippen molar-refractivity contribution in [2.45, 2.75) is 202 Å². The number of carbonyl (C=O) groups excluding carboxylic acids is 13. The van der Waals surface area contributed by atoms with Crippen molar-refractivity contribution in [2.75, 3.05) is 32.8 Å². The van der Waals surface area contributed by atoms with Gasteiger partial charge in [-0.2, -0.15) is 0 Å². The summed E-state index contributed by atoms with van der Waals surface area (Å²) in [5, 5.41) is 69.2. The van der Waals surface area contributed by atoms with Crippen molar-refractivity contribution < 1.29 is 92.7 Å². The molecule has 0 radical (unpaired) electrons. The number of aliphatic hydroxyl groups is 3. The van der Waals surface area contributed by atoms with Crippen LogP contribution in [0.25, 0.3) is 0 Å². The number of nitrogens with two attached hydrogens (primary N) is 5. The van der Waals surface area contributed by atoms with Crippen LogP contribution in [0.15, 0.2) is 41.8 Å². The van der Waals surface area contributed by atoms with Gasteiger partial charge in [-0.3, -0.25) is 67.3 Å². The van der Waals surface area contributed by atoms with E-state index in [9.17, 15) is 92.7 Å². The highest BCUT2D eigenvalue weighted by Crippen LogP contribution is 2.28. The molecule has 552 valence electrons. The highest BCUT2D eigenvalue weighted by atomic mass is 16.4. The molecule has 38 heteroatoms. The average molecular weight is 1410 g/mol. The van der Waals surface area contributed by atoms with Crippen molar-refractivity contribution in [1.82, 2.24) is 67.2 Å². The zero-order chi connectivity index (χ0) is 74.2. The number of guanidine groups is 1. The number of aromatic nitrogens is 2. The second-order valence-electron chi connectivity index (χ2n) is 25.1. The van der Waals surface area contributed by atoms with Crippen molar-refractivity contribution >= 4 is 88.7 Å². The standard InChI is InChI=1S/C62H95N19O19/c1-5-30(2)47(60(98)80-22-8-11-42(80)55(93)72-38(10-6-20-69-62(66)67)58(96)81-23-9-13-44(81)59(97)79-21-7-12-43(79)56(94)78-49(32(4)84)61(99)100)76-51(89)37(18-19-45(64)86)71-52(90)39(24-33-14-16-35(85)17-15-33)73-54(92)41(26-46(65)87)74-53(91)40(25-34-27-68-29-70-34)75-57(95)48(31(3)83)77-50(88)36(63)28-82/h14-17,27,29-32,36-44,47-49,82-85H,5-13,18-26,28,63H2,1-4H3,(H2,64,86)(H2,65,87)(H,68,70)(H,71,90)(H,72,93)(H,73,92)(H,74,91)(H,75,95)(H,76,89)(H,77,88)(H,78,94)(H,99,100)(H4,66,67,69)/t30-,31+,32+,36-,37-,38-,39-,40-,41-,42-,43-,44-,47-,48-,49-/m0/s1. The number of nitrogens with one attached hydrogen (secondary N) is 9. The summed E-state index contributed by atoms with van der Waals surface area (Å²) < 4.78 is 0. The first-order valence-corrected chi connectivity index (χ1v) is 32.9. The Morgan fingerprint density at radius 1 is 0.600 bits per heavy atom. The number of hydrogen-bond donors (Lipinski definition) is 19. The summed E-state index contributed by atoms with van der Waals surface area (Å²) in [4.78, 5) is 208. The second kappa shape index (κ2) is 38.3. The number of carbonyl (C=O) groups is 14. The van der Waals surface area contributed by atoms with Gasteiger partial charge >= 0.3 is 5.97 Å². The SMILES string of the molecule is CC[C@H](C)[C@H](NC(=O)[C@H](CCC(N)=O)NC(=O)[C@H](Cc1ccc(O)cc1)NC(=O)[C@H](CC(N)=O)NC(=O)[C@H](Cc1cnc[nH]1)NC(=O)[C@@H](NC(=O)[C@@H](N)CO)[C@@H](C)O)C(=O)N1CCC[C@H]1C(=O)N[C@@H](CCCN=C(N)N)C(=O)N1CCC[C@H]1C(=O)N1CCC[C@H]1C(=O)N[C@H](C(=O)O)[C@@H](C)O. The van der Waals surface area contributed by atoms with Gasteiger partial charge in [0, 0.05) is 57.3 Å². The molecular weight excluding hydrogens is 1310 g/mol. The van der Waals surface area contributed by atoms with Gasteiger partial charge in [-0.15, -0.1) is 0 Å². The average Bonchev–Trinajstić information content (AvgIpc) is 1.61. The monoisotopic (exact) mass is 1410 g/mol. The minimum atomic E-state index is -1.92. The number of rotatable bonds is 38. The summed E-state index contributed by atoms with van der Waals surface area (Å²) in [5.74, 6) is -15.0. The van der Waals surface area contributed by atoms with E-state index in [0.29, 0.717) is 18.4 Å². The Hall–Kier alpha value is -10.1. The van der Waals surface area contributed by atoms with Gasteiger partial charge in [0.1, 0.15) is 72.2 Å². The van der Waals surface area contributed by atoms with E-state index in [1.165, 1.54) is 58.4 Å². The Balaban J connectivity index is 1.39. The first-order chi connectivity index (χ1) is 47.3. The predicted octanol–water partition coefficient (Wildman–Crippen LogP) is -7.84. The van der Waals surface area contributed by atoms with Crippen LogP contribution < -0.4 is 71.2 Å². The number of amides is 13. The smallest absolute Gasteiger partial charge is 0.328 e. The van der Waals surface area contributed by atoms with E-state index >= 15 is 0 Å². The lowest BCUT2D eigenvalue weighted by atomic mass is 9.96. The highest BCUT2D eigenvalue weighted by Gasteiger charge is 2.47. The van der Waals surface area contributed by atoms with E-state index in [-0.39, 0.29) is 94.9 Å². The number of benzene rings is 1. The molecule has 3 saturated heterocycles. The lowest BCUT2D eigenvalue weighted by Gasteiger charge is -2.34. The number of carboxylic acids is 1. The Morgan fingerprint density at radius 3 is 1.67 bits per heavy atom. The summed E-state index contributed by atoms with van der Waals surface area (Å²) in [7, 11) is 0. The number of nitrogens with zero attached hydrogens (tertiary/aromatic N) is 5. The summed E-state index contributed by atoms with van der Waals surface area (Å²) in [6.45, 7) is 5.03. The number of likely N-dealkylation sites (tertiary alicyclic amines) is 3. The maximum Gasteiger partial charge on any atom is 0.328 e. The van der Waals surface area contributed by atoms with Crippen molar-refractivity contribution in [3.8, 4) is 5.75 Å². The number of hydrogen-bond acceptors (Lipinski definition) is 21. The number of carboxylic acid groups (broad SMARTS) is 1. The predicted molar refractivity (Wildman–Crippen MR) is 351 cm³/mol. The summed E-state index contributed by atoms with van der Waals surface area (Å²) in [5.41, 5.74) is 28.4. The molecule has 0 bridgehead atoms. The molecule has 1 aromatic carbocycles. The van der Waals surface area contributed by atoms with E-state index in [4.69, 9.17) is 28.7 Å². The number of aliphatic hydroxyl groups excluding tert-OH is 3. The largest absolute Gasteiger partial charge is 0.508 e. The molecule has 4 heterocycles. The molecule has 0 aliphatic carbocycles. The van der Waals surface area contributed by atoms with Crippen LogP contribution in [-0.2, 0) is 80.0 Å². The van der Waals surface area contributed by atoms with E-state index in [1.54, 1.807) is 13.8 Å². The van der Waals surface area contributed by atoms with Crippen LogP contribution in [0.1, 0.15) is 116 Å². The number of primary amides is 2. The van der Waals surface area contributed by atoms with Crippen molar-refractivity contribution in [3.05, 3.63) is 48.0 Å². The zero-order valence-electron chi connectivity index (χ0n) is 56.1. The highest BCUT2D eigenvalue weighted by molar-refractivity contribution is 6.01. The molecule has 3 aliphatic heterocycles. The number of imidazole rings is 1. The van der Waals surface area contributed by atoms with Gasteiger partial charge in [0.15, 0.2) is 12.0 Å². The minimum absolute atomic E-state index is 0.0113. The maximum atomic E-state index is 15.0. The number of H-pyrrole nitrogens is 1. The van der Waals surface area contributed by atoms with Crippen molar-refractivity contribution in [2.24, 2.45) is 39.6 Å². The Labute approximate surface area is 575 Å². The number of phenolic OH excluding ortho intramolecular Hbond substituents is 1. The summed E-state index contributed by atoms with van der Waals surface area (Å²) >= 11 is 0. The van der Waals surface area contributed by atoms with Crippen LogP contribution in [0.5, 0.6) is 5.75 Å². The fourth-order valence-corrected chi connectivity index (χ4v) is 11.8. The lowest BCUT2D eigenvalue weighted by molar-refractivity contribution is -0.150. The van der Waals surface area contributed by atoms with Gasteiger partial charge in [0.05, 0.1) is 31.6 Å². The summed E-state index contributed by atoms with van der Waals surface area (Å²) in [6, 6.07) is -12.9. The molecule has 24 N–H and O–H groups in total. The van der Waals surface area contributed by atoms with Gasteiger partial charge in [0.2, 0.25) is 76.8 Å². The van der Waals surface area contributed by atoms with Gasteiger partial charge in [-0.25, -0.2) is 9.78 Å². The number of phenols is 1. The molecule has 38 nitrogen and oxygen atoms in total. The van der Waals surface area contributed by atoms with Crippen molar-refractivity contribution in [1.29, 1.82) is 0 Å². The zero-order valence-corrected chi connectivity index (χ0v) is 56.1. The fourth-order valence-electron chi connectivity index (χ4n) is 11.8. The van der Waals surface area contributed by atoms with E-state index in [0.717, 1.165) is 6.92 Å². The third kappa shape index (κ3) is 23.3. The quantitative estimate of drug-likeness (QED) is 0.0169. The Kier molecular flexibility index (Phi) is 30.9. The molecule has 0 unspecified atom stereocenters. The molecule has 0 saturated carbocycles. The van der Waals surface area contributed by atoms with Crippen LogP contribution in [-0.4, -0.2) is 256 Å². The third-order valence-electron chi connectivity index (χ3n) is 17.4. The van der Waals surface area contributed by atoms with Gasteiger partial charge < -0.3 is 116 Å². The molecule has 15 atom stereocenters. The van der Waals surface area contributed by atoms with Crippen LogP contribution in [0.4, 0.5) is 0 Å².